The van der Waals surface area contributed by atoms with Gasteiger partial charge in [-0.05, 0) is 50.3 Å². The maximum atomic E-state index is 12.6. The Labute approximate surface area is 153 Å². The largest absolute Gasteiger partial charge is 0.495 e. The second-order valence-electron chi connectivity index (χ2n) is 5.55. The topological polar surface area (TPSA) is 96.5 Å². The molecule has 7 nitrogen and oxygen atoms in total. The first-order valence-corrected chi connectivity index (χ1v) is 9.65. The Kier molecular flexibility index (Phi) is 6.99. The average molecular weight is 377 g/mol. The third-order valence-electron chi connectivity index (χ3n) is 3.65. The third kappa shape index (κ3) is 5.21. The lowest BCUT2D eigenvalue weighted by atomic mass is 10.2. The molecule has 2 rings (SSSR count). The van der Waals surface area contributed by atoms with E-state index in [-0.39, 0.29) is 16.4 Å². The van der Waals surface area contributed by atoms with Crippen molar-refractivity contribution in [2.24, 2.45) is 0 Å². The lowest BCUT2D eigenvalue weighted by molar-refractivity contribution is 0.0953. The number of hydrogen-bond donors (Lipinski definition) is 3. The van der Waals surface area contributed by atoms with Crippen molar-refractivity contribution < 1.29 is 17.9 Å². The zero-order chi connectivity index (χ0) is 19.0. The summed E-state index contributed by atoms with van der Waals surface area (Å²) in [6.07, 6.45) is 0.787. The number of rotatable bonds is 9. The minimum absolute atomic E-state index is 0.00582. The summed E-state index contributed by atoms with van der Waals surface area (Å²) >= 11 is 0. The van der Waals surface area contributed by atoms with E-state index in [0.29, 0.717) is 18.0 Å². The molecule has 8 heteroatoms. The molecule has 0 saturated carbocycles. The number of ether oxygens (including phenoxy) is 1. The molecule has 0 spiro atoms. The highest BCUT2D eigenvalue weighted by Gasteiger charge is 2.18. The van der Waals surface area contributed by atoms with Gasteiger partial charge in [0.25, 0.3) is 15.9 Å². The summed E-state index contributed by atoms with van der Waals surface area (Å²) in [6.45, 7) is 1.30. The lowest BCUT2D eigenvalue weighted by Crippen LogP contribution is -2.26. The first kappa shape index (κ1) is 19.7. The van der Waals surface area contributed by atoms with E-state index in [0.717, 1.165) is 13.0 Å². The number of benzene rings is 2. The molecule has 0 saturated heterocycles. The second-order valence-corrected chi connectivity index (χ2v) is 7.23. The SMILES string of the molecule is CNCCCNC(=O)c1cccc(S(=O)(=O)Nc2ccccc2OC)c1. The van der Waals surface area contributed by atoms with Crippen molar-refractivity contribution in [3.63, 3.8) is 0 Å². The van der Waals surface area contributed by atoms with E-state index in [1.54, 1.807) is 36.4 Å². The molecule has 3 N–H and O–H groups in total. The summed E-state index contributed by atoms with van der Waals surface area (Å²) in [5.41, 5.74) is 0.620. The summed E-state index contributed by atoms with van der Waals surface area (Å²) in [6, 6.07) is 12.6. The smallest absolute Gasteiger partial charge is 0.262 e. The van der Waals surface area contributed by atoms with Gasteiger partial charge in [0.05, 0.1) is 17.7 Å². The number of para-hydroxylation sites is 2. The molecule has 2 aromatic carbocycles. The minimum atomic E-state index is -3.85. The van der Waals surface area contributed by atoms with E-state index in [4.69, 9.17) is 4.74 Å². The highest BCUT2D eigenvalue weighted by atomic mass is 32.2. The Balaban J connectivity index is 2.16. The van der Waals surface area contributed by atoms with Crippen LogP contribution in [0, 0.1) is 0 Å². The Morgan fingerprint density at radius 1 is 1.08 bits per heavy atom. The molecule has 2 aromatic rings. The maximum absolute atomic E-state index is 12.6. The summed E-state index contributed by atoms with van der Waals surface area (Å²) in [4.78, 5) is 12.2. The molecule has 0 aromatic heterocycles. The number of methoxy groups -OCH3 is 1. The normalized spacial score (nSPS) is 11.0. The summed E-state index contributed by atoms with van der Waals surface area (Å²) in [7, 11) is -0.548. The van der Waals surface area contributed by atoms with Crippen molar-refractivity contribution in [1.29, 1.82) is 0 Å². The van der Waals surface area contributed by atoms with Gasteiger partial charge in [-0.15, -0.1) is 0 Å². The standard InChI is InChI=1S/C18H23N3O4S/c1-19-11-6-12-20-18(22)14-7-5-8-15(13-14)26(23,24)21-16-9-3-4-10-17(16)25-2/h3-5,7-10,13,19,21H,6,11-12H2,1-2H3,(H,20,22). The Hall–Kier alpha value is -2.58. The Morgan fingerprint density at radius 2 is 1.85 bits per heavy atom. The van der Waals surface area contributed by atoms with Gasteiger partial charge in [0.1, 0.15) is 5.75 Å². The molecular weight excluding hydrogens is 354 g/mol. The molecule has 0 aliphatic heterocycles. The minimum Gasteiger partial charge on any atom is -0.495 e. The van der Waals surface area contributed by atoms with Crippen LogP contribution in [0.1, 0.15) is 16.8 Å². The van der Waals surface area contributed by atoms with Crippen molar-refractivity contribution in [3.05, 3.63) is 54.1 Å². The molecule has 0 atom stereocenters. The number of carbonyl (C=O) groups is 1. The molecule has 0 bridgehead atoms. The van der Waals surface area contributed by atoms with Gasteiger partial charge >= 0.3 is 0 Å². The van der Waals surface area contributed by atoms with Crippen LogP contribution in [0.4, 0.5) is 5.69 Å². The van der Waals surface area contributed by atoms with E-state index in [1.165, 1.54) is 19.2 Å². The fourth-order valence-corrected chi connectivity index (χ4v) is 3.42. The molecule has 0 heterocycles. The van der Waals surface area contributed by atoms with Crippen LogP contribution < -0.4 is 20.1 Å². The molecule has 0 unspecified atom stereocenters. The van der Waals surface area contributed by atoms with Gasteiger partial charge < -0.3 is 15.4 Å². The molecule has 26 heavy (non-hydrogen) atoms. The number of hydrogen-bond acceptors (Lipinski definition) is 5. The molecule has 0 fully saturated rings. The van der Waals surface area contributed by atoms with Crippen LogP contribution in [0.15, 0.2) is 53.4 Å². The van der Waals surface area contributed by atoms with Gasteiger partial charge in [-0.3, -0.25) is 9.52 Å². The molecule has 0 aliphatic carbocycles. The quantitative estimate of drug-likeness (QED) is 0.580. The lowest BCUT2D eigenvalue weighted by Gasteiger charge is -2.12. The molecule has 0 aliphatic rings. The number of carbonyl (C=O) groups excluding carboxylic acids is 1. The van der Waals surface area contributed by atoms with Crippen LogP contribution in [-0.2, 0) is 10.0 Å². The highest BCUT2D eigenvalue weighted by Crippen LogP contribution is 2.26. The number of amides is 1. The first-order chi connectivity index (χ1) is 12.5. The summed E-state index contributed by atoms with van der Waals surface area (Å²) in [5, 5.41) is 5.76. The van der Waals surface area contributed by atoms with E-state index < -0.39 is 10.0 Å². The Bertz CT molecular complexity index is 853. The zero-order valence-corrected chi connectivity index (χ0v) is 15.6. The average Bonchev–Trinajstić information content (AvgIpc) is 2.65. The number of anilines is 1. The monoisotopic (exact) mass is 377 g/mol. The first-order valence-electron chi connectivity index (χ1n) is 8.16. The van der Waals surface area contributed by atoms with Crippen LogP contribution >= 0.6 is 0 Å². The van der Waals surface area contributed by atoms with E-state index >= 15 is 0 Å². The van der Waals surface area contributed by atoms with Crippen molar-refractivity contribution in [1.82, 2.24) is 10.6 Å². The maximum Gasteiger partial charge on any atom is 0.262 e. The fourth-order valence-electron chi connectivity index (χ4n) is 2.31. The van der Waals surface area contributed by atoms with Gasteiger partial charge in [0, 0.05) is 12.1 Å². The number of nitrogens with one attached hydrogen (secondary N) is 3. The van der Waals surface area contributed by atoms with Crippen LogP contribution in [0.5, 0.6) is 5.75 Å². The fraction of sp³-hybridized carbons (Fsp3) is 0.278. The predicted octanol–water partition coefficient (Wildman–Crippen LogP) is 1.84. The van der Waals surface area contributed by atoms with Gasteiger partial charge in [-0.25, -0.2) is 8.42 Å². The van der Waals surface area contributed by atoms with E-state index in [2.05, 4.69) is 15.4 Å². The van der Waals surface area contributed by atoms with Crippen molar-refractivity contribution in [2.45, 2.75) is 11.3 Å². The van der Waals surface area contributed by atoms with Gasteiger partial charge in [0.15, 0.2) is 0 Å². The Morgan fingerprint density at radius 3 is 2.58 bits per heavy atom. The van der Waals surface area contributed by atoms with Crippen molar-refractivity contribution in [3.8, 4) is 5.75 Å². The number of sulfonamides is 1. The van der Waals surface area contributed by atoms with Crippen LogP contribution in [0.3, 0.4) is 0 Å². The molecule has 140 valence electrons. The van der Waals surface area contributed by atoms with Crippen LogP contribution in [0.25, 0.3) is 0 Å². The van der Waals surface area contributed by atoms with Crippen molar-refractivity contribution >= 4 is 21.6 Å². The summed E-state index contributed by atoms with van der Waals surface area (Å²) < 4.78 is 32.9. The molecule has 1 amide bonds. The van der Waals surface area contributed by atoms with Gasteiger partial charge in [0.2, 0.25) is 0 Å². The highest BCUT2D eigenvalue weighted by molar-refractivity contribution is 7.92. The van der Waals surface area contributed by atoms with Gasteiger partial charge in [-0.2, -0.15) is 0 Å². The van der Waals surface area contributed by atoms with Gasteiger partial charge in [-0.1, -0.05) is 18.2 Å². The van der Waals surface area contributed by atoms with Crippen LogP contribution in [0.2, 0.25) is 0 Å². The van der Waals surface area contributed by atoms with Crippen molar-refractivity contribution in [2.75, 3.05) is 32.0 Å². The van der Waals surface area contributed by atoms with Crippen LogP contribution in [-0.4, -0.2) is 41.6 Å². The predicted molar refractivity (Wildman–Crippen MR) is 101 cm³/mol. The molecule has 0 radical (unpaired) electrons. The zero-order valence-electron chi connectivity index (χ0n) is 14.8. The second kappa shape index (κ2) is 9.21. The van der Waals surface area contributed by atoms with E-state index in [1.807, 2.05) is 7.05 Å². The third-order valence-corrected chi connectivity index (χ3v) is 5.01. The molecular formula is C18H23N3O4S. The van der Waals surface area contributed by atoms with E-state index in [9.17, 15) is 13.2 Å². The summed E-state index contributed by atoms with van der Waals surface area (Å²) in [5.74, 6) is 0.102.